The average Bonchev–Trinajstić information content (AvgIpc) is 2.46. The minimum atomic E-state index is -0.658. The fraction of sp³-hybridized carbons (Fsp3) is 0.588. The first kappa shape index (κ1) is 15.8. The summed E-state index contributed by atoms with van der Waals surface area (Å²) in [5.41, 5.74) is 1.27. The molecule has 1 N–H and O–H groups in total. The van der Waals surface area contributed by atoms with Crippen LogP contribution in [0.1, 0.15) is 32.3 Å². The molecular weight excluding hydrogens is 266 g/mol. The molecule has 1 aliphatic rings. The van der Waals surface area contributed by atoms with E-state index in [4.69, 9.17) is 9.84 Å². The van der Waals surface area contributed by atoms with Gasteiger partial charge in [0.1, 0.15) is 5.75 Å². The average molecular weight is 291 g/mol. The molecular formula is C17H25NO3. The van der Waals surface area contributed by atoms with Crippen LogP contribution in [0.25, 0.3) is 0 Å². The first-order valence-electron chi connectivity index (χ1n) is 7.75. The van der Waals surface area contributed by atoms with Gasteiger partial charge in [-0.2, -0.15) is 0 Å². The smallest absolute Gasteiger partial charge is 0.307 e. The Morgan fingerprint density at radius 1 is 1.38 bits per heavy atom. The first-order valence-corrected chi connectivity index (χ1v) is 7.75. The third-order valence-electron chi connectivity index (χ3n) is 3.87. The molecule has 1 saturated heterocycles. The monoisotopic (exact) mass is 291 g/mol. The van der Waals surface area contributed by atoms with Gasteiger partial charge in [-0.15, -0.1) is 0 Å². The zero-order valence-corrected chi connectivity index (χ0v) is 12.9. The van der Waals surface area contributed by atoms with Crippen molar-refractivity contribution in [2.75, 3.05) is 19.6 Å². The van der Waals surface area contributed by atoms with Gasteiger partial charge in [-0.05, 0) is 57.4 Å². The van der Waals surface area contributed by atoms with Crippen LogP contribution in [-0.2, 0) is 11.2 Å². The van der Waals surface area contributed by atoms with Crippen molar-refractivity contribution in [3.63, 3.8) is 0 Å². The molecule has 1 aromatic rings. The van der Waals surface area contributed by atoms with Gasteiger partial charge in [0.05, 0.1) is 12.0 Å². The fourth-order valence-electron chi connectivity index (χ4n) is 2.75. The van der Waals surface area contributed by atoms with Crippen LogP contribution in [0.2, 0.25) is 0 Å². The molecule has 0 amide bonds. The molecule has 1 unspecified atom stereocenters. The highest BCUT2D eigenvalue weighted by Crippen LogP contribution is 2.18. The zero-order valence-electron chi connectivity index (χ0n) is 12.9. The molecule has 4 nitrogen and oxygen atoms in total. The number of hydrogen-bond donors (Lipinski definition) is 1. The second kappa shape index (κ2) is 7.46. The van der Waals surface area contributed by atoms with Gasteiger partial charge in [0, 0.05) is 13.1 Å². The van der Waals surface area contributed by atoms with E-state index in [0.29, 0.717) is 6.54 Å². The van der Waals surface area contributed by atoms with Crippen molar-refractivity contribution < 1.29 is 14.6 Å². The number of nitrogens with zero attached hydrogens (tertiary/aromatic N) is 1. The van der Waals surface area contributed by atoms with E-state index in [0.717, 1.165) is 38.1 Å². The number of benzene rings is 1. The lowest BCUT2D eigenvalue weighted by atomic mass is 9.98. The molecule has 0 spiro atoms. The summed E-state index contributed by atoms with van der Waals surface area (Å²) in [6.07, 6.45) is 2.94. The van der Waals surface area contributed by atoms with Crippen LogP contribution in [0.3, 0.4) is 0 Å². The Bertz CT molecular complexity index is 456. The van der Waals surface area contributed by atoms with Crippen LogP contribution in [0, 0.1) is 5.92 Å². The number of piperidine rings is 1. The van der Waals surface area contributed by atoms with Crippen molar-refractivity contribution in [3.8, 4) is 5.75 Å². The number of carboxylic acids is 1. The molecule has 0 aliphatic carbocycles. The summed E-state index contributed by atoms with van der Waals surface area (Å²) in [6.45, 7) is 6.66. The molecule has 1 fully saturated rings. The Morgan fingerprint density at radius 2 is 2.10 bits per heavy atom. The second-order valence-corrected chi connectivity index (χ2v) is 6.04. The van der Waals surface area contributed by atoms with Crippen LogP contribution in [0.4, 0.5) is 0 Å². The second-order valence-electron chi connectivity index (χ2n) is 6.04. The molecule has 0 radical (unpaired) electrons. The molecule has 4 heteroatoms. The predicted octanol–water partition coefficient (Wildman–Crippen LogP) is 2.81. The van der Waals surface area contributed by atoms with E-state index in [2.05, 4.69) is 17.0 Å². The molecule has 1 atom stereocenters. The molecule has 1 aromatic carbocycles. The standard InChI is InChI=1S/C17H25NO3/c1-13(2)21-16-7-5-14(6-8-16)9-11-18-10-3-4-15(12-18)17(19)20/h5-8,13,15H,3-4,9-12H2,1-2H3,(H,19,20). The highest BCUT2D eigenvalue weighted by Gasteiger charge is 2.24. The van der Waals surface area contributed by atoms with Gasteiger partial charge in [-0.3, -0.25) is 4.79 Å². The SMILES string of the molecule is CC(C)Oc1ccc(CCN2CCCC(C(=O)O)C2)cc1. The van der Waals surface area contributed by atoms with Crippen LogP contribution in [-0.4, -0.2) is 41.7 Å². The van der Waals surface area contributed by atoms with Crippen molar-refractivity contribution in [2.24, 2.45) is 5.92 Å². The maximum atomic E-state index is 11.1. The first-order chi connectivity index (χ1) is 10.0. The quantitative estimate of drug-likeness (QED) is 0.875. The van der Waals surface area contributed by atoms with Crippen molar-refractivity contribution in [3.05, 3.63) is 29.8 Å². The van der Waals surface area contributed by atoms with E-state index in [1.165, 1.54) is 5.56 Å². The number of hydrogen-bond acceptors (Lipinski definition) is 3. The lowest BCUT2D eigenvalue weighted by Gasteiger charge is -2.30. The lowest BCUT2D eigenvalue weighted by molar-refractivity contribution is -0.143. The Morgan fingerprint density at radius 3 is 2.71 bits per heavy atom. The van der Waals surface area contributed by atoms with Crippen molar-refractivity contribution in [1.29, 1.82) is 0 Å². The number of carbonyl (C=O) groups is 1. The maximum Gasteiger partial charge on any atom is 0.307 e. The summed E-state index contributed by atoms with van der Waals surface area (Å²) in [5, 5.41) is 9.10. The third kappa shape index (κ3) is 5.05. The largest absolute Gasteiger partial charge is 0.491 e. The van der Waals surface area contributed by atoms with Crippen LogP contribution in [0.15, 0.2) is 24.3 Å². The number of ether oxygens (including phenoxy) is 1. The summed E-state index contributed by atoms with van der Waals surface area (Å²) >= 11 is 0. The Labute approximate surface area is 126 Å². The summed E-state index contributed by atoms with van der Waals surface area (Å²) in [6, 6.07) is 8.20. The Hall–Kier alpha value is -1.55. The summed E-state index contributed by atoms with van der Waals surface area (Å²) in [7, 11) is 0. The number of rotatable bonds is 6. The molecule has 0 aromatic heterocycles. The molecule has 0 saturated carbocycles. The van der Waals surface area contributed by atoms with Gasteiger partial charge in [-0.25, -0.2) is 0 Å². The van der Waals surface area contributed by atoms with Gasteiger partial charge in [0.2, 0.25) is 0 Å². The number of aliphatic carboxylic acids is 1. The Kier molecular flexibility index (Phi) is 5.62. The van der Waals surface area contributed by atoms with E-state index < -0.39 is 5.97 Å². The molecule has 21 heavy (non-hydrogen) atoms. The van der Waals surface area contributed by atoms with Gasteiger partial charge in [0.15, 0.2) is 0 Å². The molecule has 116 valence electrons. The lowest BCUT2D eigenvalue weighted by Crippen LogP contribution is -2.39. The summed E-state index contributed by atoms with van der Waals surface area (Å²) in [5.74, 6) is 0.0492. The molecule has 0 bridgehead atoms. The van der Waals surface area contributed by atoms with Gasteiger partial charge in [0.25, 0.3) is 0 Å². The molecule has 1 aliphatic heterocycles. The molecule has 1 heterocycles. The minimum Gasteiger partial charge on any atom is -0.491 e. The van der Waals surface area contributed by atoms with Gasteiger partial charge in [-0.1, -0.05) is 12.1 Å². The topological polar surface area (TPSA) is 49.8 Å². The van der Waals surface area contributed by atoms with Crippen molar-refractivity contribution in [2.45, 2.75) is 39.2 Å². The highest BCUT2D eigenvalue weighted by atomic mass is 16.5. The number of carboxylic acid groups (broad SMARTS) is 1. The van der Waals surface area contributed by atoms with E-state index in [1.807, 2.05) is 26.0 Å². The summed E-state index contributed by atoms with van der Waals surface area (Å²) < 4.78 is 5.63. The maximum absolute atomic E-state index is 11.1. The third-order valence-corrected chi connectivity index (χ3v) is 3.87. The van der Waals surface area contributed by atoms with E-state index in [1.54, 1.807) is 0 Å². The molecule has 2 rings (SSSR count). The predicted molar refractivity (Wildman–Crippen MR) is 82.7 cm³/mol. The van der Waals surface area contributed by atoms with E-state index in [-0.39, 0.29) is 12.0 Å². The highest BCUT2D eigenvalue weighted by molar-refractivity contribution is 5.70. The minimum absolute atomic E-state index is 0.192. The van der Waals surface area contributed by atoms with Crippen LogP contribution < -0.4 is 4.74 Å². The van der Waals surface area contributed by atoms with Gasteiger partial charge < -0.3 is 14.7 Å². The van der Waals surface area contributed by atoms with Gasteiger partial charge >= 0.3 is 5.97 Å². The zero-order chi connectivity index (χ0) is 15.2. The fourth-order valence-corrected chi connectivity index (χ4v) is 2.75. The Balaban J connectivity index is 1.81. The summed E-state index contributed by atoms with van der Waals surface area (Å²) in [4.78, 5) is 13.3. The van der Waals surface area contributed by atoms with Crippen molar-refractivity contribution >= 4 is 5.97 Å². The van der Waals surface area contributed by atoms with Crippen LogP contribution >= 0.6 is 0 Å². The van der Waals surface area contributed by atoms with E-state index >= 15 is 0 Å². The van der Waals surface area contributed by atoms with Crippen molar-refractivity contribution in [1.82, 2.24) is 4.90 Å². The number of likely N-dealkylation sites (tertiary alicyclic amines) is 1. The van der Waals surface area contributed by atoms with E-state index in [9.17, 15) is 4.79 Å². The van der Waals surface area contributed by atoms with Crippen LogP contribution in [0.5, 0.6) is 5.75 Å². The normalized spacial score (nSPS) is 19.7.